The van der Waals surface area contributed by atoms with Crippen LogP contribution in [0.3, 0.4) is 0 Å². The van der Waals surface area contributed by atoms with Gasteiger partial charge in [-0.05, 0) is 59.7 Å². The minimum Gasteiger partial charge on any atom is -0.438 e. The van der Waals surface area contributed by atoms with Crippen LogP contribution in [0, 0.1) is 0 Å². The number of likely N-dealkylation sites (tertiary alicyclic amines) is 1. The lowest BCUT2D eigenvalue weighted by molar-refractivity contribution is 0.199. The van der Waals surface area contributed by atoms with E-state index in [1.54, 1.807) is 0 Å². The lowest BCUT2D eigenvalue weighted by Crippen LogP contribution is -2.34. The predicted molar refractivity (Wildman–Crippen MR) is 128 cm³/mol. The van der Waals surface area contributed by atoms with Crippen LogP contribution in [0.2, 0.25) is 0 Å². The summed E-state index contributed by atoms with van der Waals surface area (Å²) in [6, 6.07) is 24.1. The highest BCUT2D eigenvalue weighted by molar-refractivity contribution is 5.90. The quantitative estimate of drug-likeness (QED) is 0.383. The third kappa shape index (κ3) is 3.98. The number of carbonyl (C=O) groups is 1. The highest BCUT2D eigenvalue weighted by Crippen LogP contribution is 2.34. The summed E-state index contributed by atoms with van der Waals surface area (Å²) in [6.45, 7) is 5.01. The molecule has 162 valence electrons. The maximum Gasteiger partial charge on any atom is 0.322 e. The topological polar surface area (TPSA) is 58.4 Å². The first-order chi connectivity index (χ1) is 15.6. The molecule has 4 aromatic rings. The molecule has 0 spiro atoms. The van der Waals surface area contributed by atoms with Crippen molar-refractivity contribution in [3.05, 3.63) is 84.3 Å². The van der Waals surface area contributed by atoms with Crippen LogP contribution in [0.4, 0.5) is 10.5 Å². The highest BCUT2D eigenvalue weighted by Gasteiger charge is 2.33. The number of fused-ring (bicyclic) bond motifs is 1. The number of carbonyl (C=O) groups excluding carboxylic acids is 1. The van der Waals surface area contributed by atoms with Crippen LogP contribution in [-0.2, 0) is 0 Å². The molecular formula is C27H27N3O2. The second kappa shape index (κ2) is 8.50. The minimum absolute atomic E-state index is 0.114. The summed E-state index contributed by atoms with van der Waals surface area (Å²) in [5, 5.41) is 3.03. The molecule has 1 saturated heterocycles. The van der Waals surface area contributed by atoms with Gasteiger partial charge in [0.05, 0.1) is 0 Å². The molecule has 32 heavy (non-hydrogen) atoms. The summed E-state index contributed by atoms with van der Waals surface area (Å²) in [7, 11) is 0. The Hall–Kier alpha value is -3.60. The predicted octanol–water partition coefficient (Wildman–Crippen LogP) is 6.99. The van der Waals surface area contributed by atoms with Gasteiger partial charge in [-0.25, -0.2) is 9.78 Å². The van der Waals surface area contributed by atoms with Gasteiger partial charge in [0.1, 0.15) is 11.6 Å². The first-order valence-corrected chi connectivity index (χ1v) is 11.2. The van der Waals surface area contributed by atoms with Gasteiger partial charge in [-0.15, -0.1) is 0 Å². The molecule has 0 saturated carbocycles. The van der Waals surface area contributed by atoms with Crippen LogP contribution in [0.1, 0.15) is 50.1 Å². The van der Waals surface area contributed by atoms with Gasteiger partial charge in [0.2, 0.25) is 5.89 Å². The fraction of sp³-hybridized carbons (Fsp3) is 0.259. The van der Waals surface area contributed by atoms with Gasteiger partial charge in [0, 0.05) is 12.2 Å². The summed E-state index contributed by atoms with van der Waals surface area (Å²) < 4.78 is 6.08. The van der Waals surface area contributed by atoms with Gasteiger partial charge in [-0.1, -0.05) is 62.4 Å². The van der Waals surface area contributed by atoms with E-state index in [0.29, 0.717) is 18.4 Å². The number of urea groups is 1. The van der Waals surface area contributed by atoms with E-state index in [-0.39, 0.29) is 12.1 Å². The van der Waals surface area contributed by atoms with Crippen LogP contribution in [0.15, 0.2) is 77.2 Å². The van der Waals surface area contributed by atoms with Crippen molar-refractivity contribution in [1.29, 1.82) is 0 Å². The zero-order valence-electron chi connectivity index (χ0n) is 18.4. The number of nitrogens with zero attached hydrogens (tertiary/aromatic N) is 2. The molecule has 5 heteroatoms. The van der Waals surface area contributed by atoms with E-state index in [1.165, 1.54) is 5.56 Å². The van der Waals surface area contributed by atoms with Gasteiger partial charge < -0.3 is 14.6 Å². The van der Waals surface area contributed by atoms with Crippen molar-refractivity contribution in [2.45, 2.75) is 38.6 Å². The summed E-state index contributed by atoms with van der Waals surface area (Å²) in [4.78, 5) is 19.6. The first-order valence-electron chi connectivity index (χ1n) is 11.2. The lowest BCUT2D eigenvalue weighted by Gasteiger charge is -2.22. The van der Waals surface area contributed by atoms with Gasteiger partial charge in [-0.2, -0.15) is 0 Å². The summed E-state index contributed by atoms with van der Waals surface area (Å²) in [6.07, 6.45) is 1.77. The standard InChI is InChI=1S/C27H27N3O2/c1-18(2)19-10-13-22(14-11-19)28-27(31)30-16-6-9-24(30)26-29-23-17-21(12-15-25(23)32-26)20-7-4-3-5-8-20/h3-5,7-8,10-15,17-18,24H,6,9,16H2,1-2H3,(H,28,31)/t24-/m1/s1. The molecule has 2 heterocycles. The third-order valence-electron chi connectivity index (χ3n) is 6.14. The van der Waals surface area contributed by atoms with E-state index >= 15 is 0 Å². The van der Waals surface area contributed by atoms with Gasteiger partial charge in [-0.3, -0.25) is 0 Å². The fourth-order valence-corrected chi connectivity index (χ4v) is 4.31. The normalized spacial score (nSPS) is 16.1. The number of hydrogen-bond donors (Lipinski definition) is 1. The first kappa shape index (κ1) is 20.3. The van der Waals surface area contributed by atoms with E-state index in [1.807, 2.05) is 53.4 Å². The average Bonchev–Trinajstić information content (AvgIpc) is 3.46. The molecule has 5 nitrogen and oxygen atoms in total. The Kier molecular flexibility index (Phi) is 5.39. The van der Waals surface area contributed by atoms with Crippen molar-refractivity contribution in [2.75, 3.05) is 11.9 Å². The molecule has 0 radical (unpaired) electrons. The maximum absolute atomic E-state index is 13.0. The molecule has 0 unspecified atom stereocenters. The summed E-state index contributed by atoms with van der Waals surface area (Å²) in [5.41, 5.74) is 5.86. The monoisotopic (exact) mass is 425 g/mol. The Balaban J connectivity index is 1.36. The number of anilines is 1. The van der Waals surface area contributed by atoms with E-state index in [0.717, 1.165) is 40.8 Å². The number of benzene rings is 3. The number of nitrogens with one attached hydrogen (secondary N) is 1. The molecule has 2 amide bonds. The van der Waals surface area contributed by atoms with Crippen LogP contribution < -0.4 is 5.32 Å². The molecule has 1 N–H and O–H groups in total. The van der Waals surface area contributed by atoms with E-state index in [4.69, 9.17) is 9.40 Å². The van der Waals surface area contributed by atoms with Crippen molar-refractivity contribution in [3.63, 3.8) is 0 Å². The summed E-state index contributed by atoms with van der Waals surface area (Å²) in [5.74, 6) is 1.07. The molecular weight excluding hydrogens is 398 g/mol. The van der Waals surface area contributed by atoms with Crippen molar-refractivity contribution >= 4 is 22.8 Å². The fourth-order valence-electron chi connectivity index (χ4n) is 4.31. The van der Waals surface area contributed by atoms with Gasteiger partial charge >= 0.3 is 6.03 Å². The Morgan fingerprint density at radius 3 is 2.56 bits per heavy atom. The lowest BCUT2D eigenvalue weighted by atomic mass is 10.0. The van der Waals surface area contributed by atoms with Crippen LogP contribution in [-0.4, -0.2) is 22.5 Å². The number of rotatable bonds is 4. The smallest absolute Gasteiger partial charge is 0.322 e. The van der Waals surface area contributed by atoms with Gasteiger partial charge in [0.15, 0.2) is 5.58 Å². The average molecular weight is 426 g/mol. The Morgan fingerprint density at radius 2 is 1.81 bits per heavy atom. The molecule has 0 bridgehead atoms. The molecule has 1 aliphatic rings. The number of hydrogen-bond acceptors (Lipinski definition) is 3. The summed E-state index contributed by atoms with van der Waals surface area (Å²) >= 11 is 0. The van der Waals surface area contributed by atoms with Crippen molar-refractivity contribution in [2.24, 2.45) is 0 Å². The maximum atomic E-state index is 13.0. The molecule has 0 aliphatic carbocycles. The largest absolute Gasteiger partial charge is 0.438 e. The molecule has 1 atom stereocenters. The zero-order valence-corrected chi connectivity index (χ0v) is 18.4. The van der Waals surface area contributed by atoms with Crippen LogP contribution in [0.5, 0.6) is 0 Å². The highest BCUT2D eigenvalue weighted by atomic mass is 16.4. The SMILES string of the molecule is CC(C)c1ccc(NC(=O)N2CCC[C@@H]2c2nc3cc(-c4ccccc4)ccc3o2)cc1. The van der Waals surface area contributed by atoms with Crippen LogP contribution in [0.25, 0.3) is 22.2 Å². The number of aromatic nitrogens is 1. The second-order valence-electron chi connectivity index (χ2n) is 8.66. The zero-order chi connectivity index (χ0) is 22.1. The Bertz CT molecular complexity index is 1230. The number of oxazole rings is 1. The molecule has 1 aliphatic heterocycles. The number of amides is 2. The van der Waals surface area contributed by atoms with Crippen LogP contribution >= 0.6 is 0 Å². The molecule has 5 rings (SSSR count). The van der Waals surface area contributed by atoms with Crippen molar-refractivity contribution in [3.8, 4) is 11.1 Å². The van der Waals surface area contributed by atoms with E-state index < -0.39 is 0 Å². The van der Waals surface area contributed by atoms with Crippen molar-refractivity contribution < 1.29 is 9.21 Å². The Morgan fingerprint density at radius 1 is 1.03 bits per heavy atom. The van der Waals surface area contributed by atoms with E-state index in [2.05, 4.69) is 43.4 Å². The molecule has 3 aromatic carbocycles. The van der Waals surface area contributed by atoms with Crippen molar-refractivity contribution in [1.82, 2.24) is 9.88 Å². The molecule has 1 aromatic heterocycles. The second-order valence-corrected chi connectivity index (χ2v) is 8.66. The Labute approximate surface area is 188 Å². The molecule has 1 fully saturated rings. The van der Waals surface area contributed by atoms with E-state index in [9.17, 15) is 4.79 Å². The minimum atomic E-state index is -0.155. The third-order valence-corrected chi connectivity index (χ3v) is 6.14. The van der Waals surface area contributed by atoms with Gasteiger partial charge in [0.25, 0.3) is 0 Å².